The van der Waals surface area contributed by atoms with Crippen LogP contribution in [0, 0.1) is 0 Å². The van der Waals surface area contributed by atoms with Gasteiger partial charge in [-0.25, -0.2) is 9.13 Å². The molecule has 0 saturated heterocycles. The van der Waals surface area contributed by atoms with E-state index in [1.54, 1.807) is 0 Å². The zero-order valence-corrected chi connectivity index (χ0v) is 68.2. The normalized spacial score (nSPS) is 14.5. The Morgan fingerprint density at radius 1 is 0.276 bits per heavy atom. The maximum absolute atomic E-state index is 13.0. The predicted molar refractivity (Wildman–Crippen MR) is 436 cm³/mol. The van der Waals surface area contributed by atoms with Crippen LogP contribution in [0.4, 0.5) is 0 Å². The van der Waals surface area contributed by atoms with Crippen LogP contribution in [0.2, 0.25) is 0 Å². The number of ether oxygens (including phenoxy) is 3. The van der Waals surface area contributed by atoms with Crippen molar-refractivity contribution in [3.63, 3.8) is 0 Å². The Hall–Kier alpha value is -4.05. The maximum atomic E-state index is 13.0. The molecule has 0 spiro atoms. The first-order valence-electron chi connectivity index (χ1n) is 41.8. The summed E-state index contributed by atoms with van der Waals surface area (Å²) in [5.41, 5.74) is 0. The van der Waals surface area contributed by atoms with E-state index in [4.69, 9.17) is 32.3 Å². The van der Waals surface area contributed by atoms with Crippen LogP contribution in [-0.2, 0) is 55.8 Å². The van der Waals surface area contributed by atoms with Gasteiger partial charge in [-0.2, -0.15) is 0 Å². The molecule has 0 radical (unpaired) electrons. The third kappa shape index (κ3) is 80.8. The van der Waals surface area contributed by atoms with E-state index in [1.165, 1.54) is 148 Å². The molecule has 4 N–H and O–H groups in total. The van der Waals surface area contributed by atoms with Gasteiger partial charge >= 0.3 is 33.6 Å². The van der Waals surface area contributed by atoms with Gasteiger partial charge in [0.2, 0.25) is 0 Å². The van der Waals surface area contributed by atoms with Crippen molar-refractivity contribution in [2.45, 2.75) is 373 Å². The van der Waals surface area contributed by atoms with Gasteiger partial charge in [-0.15, -0.1) is 0 Å². The van der Waals surface area contributed by atoms with Gasteiger partial charge in [0.1, 0.15) is 25.4 Å². The molecule has 0 aliphatic carbocycles. The highest BCUT2D eigenvalue weighted by atomic mass is 31.2. The summed E-state index contributed by atoms with van der Waals surface area (Å²) in [5, 5.41) is 20.7. The Morgan fingerprint density at radius 3 is 0.800 bits per heavy atom. The molecule has 16 nitrogen and oxygen atoms in total. The van der Waals surface area contributed by atoms with Gasteiger partial charge in [-0.1, -0.05) is 322 Å². The van der Waals surface area contributed by atoms with Crippen molar-refractivity contribution in [1.82, 2.24) is 0 Å². The van der Waals surface area contributed by atoms with Crippen LogP contribution in [0.5, 0.6) is 0 Å². The molecule has 0 heterocycles. The largest absolute Gasteiger partial charge is 0.472 e. The highest BCUT2D eigenvalue weighted by Gasteiger charge is 2.29. The summed E-state index contributed by atoms with van der Waals surface area (Å²) in [5.74, 6) is -1.60. The van der Waals surface area contributed by atoms with Gasteiger partial charge in [-0.3, -0.25) is 32.5 Å². The van der Waals surface area contributed by atoms with Gasteiger partial charge in [0.05, 0.1) is 26.4 Å². The molecule has 0 aromatic heterocycles. The molecule has 0 aliphatic heterocycles. The lowest BCUT2D eigenvalue weighted by Gasteiger charge is -2.21. The Balaban J connectivity index is 4.40. The van der Waals surface area contributed by atoms with Crippen LogP contribution in [-0.4, -0.2) is 95.9 Å². The summed E-state index contributed by atoms with van der Waals surface area (Å²) in [7, 11) is -9.80. The summed E-state index contributed by atoms with van der Waals surface area (Å²) >= 11 is 0. The molecule has 0 saturated carbocycles. The second kappa shape index (κ2) is 79.5. The van der Waals surface area contributed by atoms with Gasteiger partial charge < -0.3 is 34.2 Å². The van der Waals surface area contributed by atoms with E-state index in [0.29, 0.717) is 19.3 Å². The number of esters is 3. The third-order valence-electron chi connectivity index (χ3n) is 17.6. The van der Waals surface area contributed by atoms with Crippen molar-refractivity contribution in [2.75, 3.05) is 39.6 Å². The first-order chi connectivity index (χ1) is 51.2. The Kier molecular flexibility index (Phi) is 76.4. The number of rotatable bonds is 79. The van der Waals surface area contributed by atoms with Crippen molar-refractivity contribution in [2.24, 2.45) is 0 Å². The number of carbonyl (C=O) groups excluding carboxylic acids is 3. The van der Waals surface area contributed by atoms with Crippen LogP contribution in [0.25, 0.3) is 0 Å². The highest BCUT2D eigenvalue weighted by molar-refractivity contribution is 7.47. The second-order valence-corrected chi connectivity index (χ2v) is 30.8. The van der Waals surface area contributed by atoms with E-state index < -0.39 is 91.5 Å². The first-order valence-corrected chi connectivity index (χ1v) is 44.8. The number of unbranched alkanes of at least 4 members (excludes halogenated alkanes) is 36. The molecule has 0 aromatic rings. The molecule has 0 fully saturated rings. The van der Waals surface area contributed by atoms with Gasteiger partial charge in [0.15, 0.2) is 6.10 Å². The smallest absolute Gasteiger partial charge is 0.463 e. The average Bonchev–Trinajstić information content (AvgIpc) is 0.913. The van der Waals surface area contributed by atoms with E-state index in [9.17, 15) is 43.5 Å². The Labute approximate surface area is 640 Å². The Morgan fingerprint density at radius 2 is 0.505 bits per heavy atom. The zero-order chi connectivity index (χ0) is 76.6. The van der Waals surface area contributed by atoms with Crippen LogP contribution < -0.4 is 0 Å². The van der Waals surface area contributed by atoms with E-state index in [0.717, 1.165) is 148 Å². The summed E-state index contributed by atoms with van der Waals surface area (Å²) in [6.45, 7) is 2.51. The molecular weight excluding hydrogens is 1360 g/mol. The average molecular weight is 1520 g/mol. The number of aliphatic hydroxyl groups is 2. The molecule has 606 valence electrons. The van der Waals surface area contributed by atoms with Gasteiger partial charge in [-0.05, 0) is 135 Å². The lowest BCUT2D eigenvalue weighted by molar-refractivity contribution is -0.161. The summed E-state index contributed by atoms with van der Waals surface area (Å²) < 4.78 is 61.2. The minimum Gasteiger partial charge on any atom is -0.463 e. The van der Waals surface area contributed by atoms with Gasteiger partial charge in [0, 0.05) is 19.3 Å². The fourth-order valence-corrected chi connectivity index (χ4v) is 12.9. The third-order valence-corrected chi connectivity index (χ3v) is 19.5. The molecule has 0 bridgehead atoms. The molecule has 18 heteroatoms. The van der Waals surface area contributed by atoms with E-state index in [1.807, 2.05) is 0 Å². The number of phosphoric acid groups is 2. The topological polar surface area (TPSA) is 231 Å². The monoisotopic (exact) mass is 1520 g/mol. The molecule has 105 heavy (non-hydrogen) atoms. The van der Waals surface area contributed by atoms with Gasteiger partial charge in [0.25, 0.3) is 0 Å². The zero-order valence-electron chi connectivity index (χ0n) is 66.4. The quantitative estimate of drug-likeness (QED) is 0.0146. The standard InChI is InChI=1S/C87H152O16P2/c1-4-7-10-13-16-19-22-25-28-30-32-33-34-35-36-37-38-39-40-41-42-43-44-45-46-47-49-51-53-55-58-61-64-67-70-73-85(90)97-76-82(88)77-99-104(93,94)100-78-83(89)79-101-105(95,96)102-81-84(103-87(92)75-72-69-66-63-60-57-52-27-24-21-18-15-12-9-6-3)80-98-86(91)74-71-68-65-62-59-56-54-50-48-31-29-26-23-20-17-14-11-8-5-2/h8,11,16-21,25-29,32-33,35-36,48,50,52,82-84,88-89H,4-7,9-10,12-15,22-24,30-31,34,37-47,49,51,53-81H2,1-3H3,(H,93,94)(H,95,96)/b11-8-,19-16-,20-17-,21-18-,28-25-,29-26-,33-32-,36-35-,50-48-,52-27-. The maximum Gasteiger partial charge on any atom is 0.472 e. The number of phosphoric ester groups is 2. The molecule has 5 unspecified atom stereocenters. The SMILES string of the molecule is CC/C=C\C/C=C\C/C=C\C/C=C\CCCCCCCCC(=O)OCC(COP(=O)(O)OCC(O)COP(=O)(O)OCC(O)COC(=O)CCCCCCCCCCCCCCCCCCCCC/C=C\C/C=C\C/C=C\C/C=C\CCCCC)OC(=O)CCCCCCC/C=C\C/C=C\CCCCC. The summed E-state index contributed by atoms with van der Waals surface area (Å²) in [6, 6.07) is 0. The Bertz CT molecular complexity index is 2390. The van der Waals surface area contributed by atoms with E-state index in [2.05, 4.69) is 142 Å². The molecule has 0 aliphatic rings. The second-order valence-electron chi connectivity index (χ2n) is 27.9. The molecule has 5 atom stereocenters. The van der Waals surface area contributed by atoms with E-state index >= 15 is 0 Å². The minimum atomic E-state index is -4.94. The number of hydrogen-bond donors (Lipinski definition) is 4. The number of carbonyl (C=O) groups is 3. The number of hydrogen-bond acceptors (Lipinski definition) is 14. The van der Waals surface area contributed by atoms with Crippen LogP contribution in [0.3, 0.4) is 0 Å². The lowest BCUT2D eigenvalue weighted by atomic mass is 10.0. The van der Waals surface area contributed by atoms with Crippen LogP contribution in [0.15, 0.2) is 122 Å². The first kappa shape index (κ1) is 101. The lowest BCUT2D eigenvalue weighted by Crippen LogP contribution is -2.30. The van der Waals surface area contributed by atoms with E-state index in [-0.39, 0.29) is 19.3 Å². The van der Waals surface area contributed by atoms with Crippen LogP contribution in [0.1, 0.15) is 355 Å². The minimum absolute atomic E-state index is 0.0839. The molecule has 0 rings (SSSR count). The fraction of sp³-hybridized carbons (Fsp3) is 0.736. The van der Waals surface area contributed by atoms with Crippen molar-refractivity contribution < 1.29 is 75.8 Å². The van der Waals surface area contributed by atoms with Crippen molar-refractivity contribution in [1.29, 1.82) is 0 Å². The molecular formula is C87H152O16P2. The molecule has 0 aromatic carbocycles. The highest BCUT2D eigenvalue weighted by Crippen LogP contribution is 2.45. The summed E-state index contributed by atoms with van der Waals surface area (Å²) in [6.07, 6.45) is 95.5. The number of allylic oxidation sites excluding steroid dienone is 20. The number of aliphatic hydroxyl groups excluding tert-OH is 2. The molecule has 0 amide bonds. The predicted octanol–water partition coefficient (Wildman–Crippen LogP) is 24.9. The van der Waals surface area contributed by atoms with Crippen molar-refractivity contribution >= 4 is 33.6 Å². The van der Waals surface area contributed by atoms with Crippen LogP contribution >= 0.6 is 15.6 Å². The summed E-state index contributed by atoms with van der Waals surface area (Å²) in [4.78, 5) is 58.7. The van der Waals surface area contributed by atoms with Crippen molar-refractivity contribution in [3.8, 4) is 0 Å². The van der Waals surface area contributed by atoms with Crippen molar-refractivity contribution in [3.05, 3.63) is 122 Å². The fourth-order valence-electron chi connectivity index (χ4n) is 11.3.